The van der Waals surface area contributed by atoms with Gasteiger partial charge >= 0.3 is 0 Å². The van der Waals surface area contributed by atoms with Crippen molar-refractivity contribution in [2.75, 3.05) is 23.7 Å². The van der Waals surface area contributed by atoms with E-state index in [0.717, 1.165) is 18.9 Å². The lowest BCUT2D eigenvalue weighted by molar-refractivity contribution is -0.0751. The minimum atomic E-state index is -0.200. The average molecular weight is 256 g/mol. The van der Waals surface area contributed by atoms with Crippen LogP contribution in [0.25, 0.3) is 0 Å². The molecule has 2 rings (SSSR count). The Morgan fingerprint density at radius 1 is 1.53 bits per heavy atom. The smallest absolute Gasteiger partial charge is 0.153 e. The topological polar surface area (TPSA) is 51.4 Å². The molecule has 94 valence electrons. The Kier molecular flexibility index (Phi) is 3.19. The molecule has 1 aromatic heterocycles. The zero-order chi connectivity index (χ0) is 12.6. The molecule has 1 unspecified atom stereocenters. The second-order valence-electron chi connectivity index (χ2n) is 5.12. The molecule has 17 heavy (non-hydrogen) atoms. The minimum Gasteiger partial charge on any atom is -0.396 e. The van der Waals surface area contributed by atoms with Gasteiger partial charge in [0.2, 0.25) is 0 Å². The van der Waals surface area contributed by atoms with Gasteiger partial charge < -0.3 is 15.4 Å². The van der Waals surface area contributed by atoms with Crippen LogP contribution in [0.1, 0.15) is 20.8 Å². The predicted molar refractivity (Wildman–Crippen MR) is 70.5 cm³/mol. The van der Waals surface area contributed by atoms with Gasteiger partial charge in [0.1, 0.15) is 5.15 Å². The number of ether oxygens (including phenoxy) is 1. The average Bonchev–Trinajstić information content (AvgIpc) is 2.18. The maximum absolute atomic E-state index is 5.95. The summed E-state index contributed by atoms with van der Waals surface area (Å²) in [6, 6.07) is 3.49. The van der Waals surface area contributed by atoms with E-state index in [2.05, 4.69) is 30.7 Å². The third-order valence-corrected chi connectivity index (χ3v) is 2.95. The van der Waals surface area contributed by atoms with Gasteiger partial charge in [-0.1, -0.05) is 11.6 Å². The Morgan fingerprint density at radius 2 is 2.24 bits per heavy atom. The summed E-state index contributed by atoms with van der Waals surface area (Å²) in [5.74, 6) is 0.751. The first-order valence-electron chi connectivity index (χ1n) is 5.72. The van der Waals surface area contributed by atoms with Gasteiger partial charge in [0.25, 0.3) is 0 Å². The van der Waals surface area contributed by atoms with Crippen LogP contribution in [-0.4, -0.2) is 29.8 Å². The summed E-state index contributed by atoms with van der Waals surface area (Å²) >= 11 is 5.92. The van der Waals surface area contributed by atoms with Crippen LogP contribution in [0.2, 0.25) is 5.15 Å². The molecule has 0 amide bonds. The SMILES string of the molecule is CC1CN(c2nc(Cl)ccc2N)CC(C)(C)O1. The second-order valence-corrected chi connectivity index (χ2v) is 5.50. The molecule has 1 aliphatic heterocycles. The number of nitrogens with two attached hydrogens (primary N) is 1. The maximum Gasteiger partial charge on any atom is 0.153 e. The van der Waals surface area contributed by atoms with E-state index in [1.54, 1.807) is 12.1 Å². The van der Waals surface area contributed by atoms with Gasteiger partial charge in [-0.05, 0) is 32.9 Å². The number of nitrogens with zero attached hydrogens (tertiary/aromatic N) is 2. The molecular weight excluding hydrogens is 238 g/mol. The molecule has 0 saturated carbocycles. The van der Waals surface area contributed by atoms with Crippen LogP contribution < -0.4 is 10.6 Å². The molecule has 2 N–H and O–H groups in total. The van der Waals surface area contributed by atoms with E-state index >= 15 is 0 Å². The van der Waals surface area contributed by atoms with E-state index in [9.17, 15) is 0 Å². The summed E-state index contributed by atoms with van der Waals surface area (Å²) in [4.78, 5) is 6.44. The summed E-state index contributed by atoms with van der Waals surface area (Å²) < 4.78 is 5.85. The molecule has 1 saturated heterocycles. The third kappa shape index (κ3) is 2.82. The highest BCUT2D eigenvalue weighted by atomic mass is 35.5. The number of hydrogen-bond donors (Lipinski definition) is 1. The summed E-state index contributed by atoms with van der Waals surface area (Å²) in [5, 5.41) is 0.464. The van der Waals surface area contributed by atoms with Crippen molar-refractivity contribution in [2.45, 2.75) is 32.5 Å². The van der Waals surface area contributed by atoms with Crippen molar-refractivity contribution in [2.24, 2.45) is 0 Å². The normalized spacial score (nSPS) is 23.8. The summed E-state index contributed by atoms with van der Waals surface area (Å²) in [6.45, 7) is 7.72. The van der Waals surface area contributed by atoms with E-state index in [4.69, 9.17) is 22.1 Å². The Bertz CT molecular complexity index is 422. The number of anilines is 2. The highest BCUT2D eigenvalue weighted by Gasteiger charge is 2.32. The first kappa shape index (κ1) is 12.5. The van der Waals surface area contributed by atoms with E-state index in [-0.39, 0.29) is 11.7 Å². The summed E-state index contributed by atoms with van der Waals surface area (Å²) in [6.07, 6.45) is 0.152. The number of nitrogen functional groups attached to an aromatic ring is 1. The first-order chi connectivity index (χ1) is 7.87. The molecule has 0 aromatic carbocycles. The van der Waals surface area contributed by atoms with Gasteiger partial charge in [-0.2, -0.15) is 0 Å². The molecule has 1 atom stereocenters. The van der Waals surface area contributed by atoms with Crippen molar-refractivity contribution in [3.05, 3.63) is 17.3 Å². The maximum atomic E-state index is 5.95. The van der Waals surface area contributed by atoms with E-state index in [0.29, 0.717) is 10.8 Å². The Morgan fingerprint density at radius 3 is 2.88 bits per heavy atom. The van der Waals surface area contributed by atoms with Gasteiger partial charge in [0.05, 0.1) is 17.4 Å². The first-order valence-corrected chi connectivity index (χ1v) is 6.10. The Labute approximate surface area is 107 Å². The summed E-state index contributed by atoms with van der Waals surface area (Å²) in [5.41, 5.74) is 6.40. The second kappa shape index (κ2) is 4.35. The van der Waals surface area contributed by atoms with Gasteiger partial charge in [-0.25, -0.2) is 4.98 Å². The monoisotopic (exact) mass is 255 g/mol. The zero-order valence-electron chi connectivity index (χ0n) is 10.4. The highest BCUT2D eigenvalue weighted by molar-refractivity contribution is 6.29. The van der Waals surface area contributed by atoms with Crippen LogP contribution in [0.4, 0.5) is 11.5 Å². The number of morpholine rings is 1. The van der Waals surface area contributed by atoms with Crippen molar-refractivity contribution in [1.29, 1.82) is 0 Å². The predicted octanol–water partition coefficient (Wildman–Crippen LogP) is 2.32. The van der Waals surface area contributed by atoms with Gasteiger partial charge in [0.15, 0.2) is 5.82 Å². The molecule has 1 fully saturated rings. The third-order valence-electron chi connectivity index (χ3n) is 2.74. The molecule has 4 nitrogen and oxygen atoms in total. The lowest BCUT2D eigenvalue weighted by atomic mass is 10.1. The quantitative estimate of drug-likeness (QED) is 0.783. The van der Waals surface area contributed by atoms with Crippen molar-refractivity contribution < 1.29 is 4.74 Å². The number of halogens is 1. The standard InChI is InChI=1S/C12H18ClN3O/c1-8-6-16(7-12(2,3)17-8)11-9(14)4-5-10(13)15-11/h4-5,8H,6-7,14H2,1-3H3. The number of pyridine rings is 1. The Balaban J connectivity index is 2.30. The minimum absolute atomic E-state index is 0.152. The fourth-order valence-corrected chi connectivity index (χ4v) is 2.45. The van der Waals surface area contributed by atoms with Crippen LogP contribution >= 0.6 is 11.6 Å². The molecule has 1 aliphatic rings. The number of rotatable bonds is 1. The van der Waals surface area contributed by atoms with Gasteiger partial charge in [-0.3, -0.25) is 0 Å². The molecule has 5 heteroatoms. The fraction of sp³-hybridized carbons (Fsp3) is 0.583. The van der Waals surface area contributed by atoms with E-state index < -0.39 is 0 Å². The van der Waals surface area contributed by atoms with E-state index in [1.807, 2.05) is 0 Å². The zero-order valence-corrected chi connectivity index (χ0v) is 11.2. The lowest BCUT2D eigenvalue weighted by Crippen LogP contribution is -2.52. The highest BCUT2D eigenvalue weighted by Crippen LogP contribution is 2.29. The van der Waals surface area contributed by atoms with Crippen molar-refractivity contribution in [3.63, 3.8) is 0 Å². The molecule has 2 heterocycles. The Hall–Kier alpha value is -1.00. The van der Waals surface area contributed by atoms with Crippen LogP contribution in [0.5, 0.6) is 0 Å². The molecular formula is C12H18ClN3O. The van der Waals surface area contributed by atoms with Crippen molar-refractivity contribution in [1.82, 2.24) is 4.98 Å². The van der Waals surface area contributed by atoms with Crippen molar-refractivity contribution >= 4 is 23.1 Å². The van der Waals surface area contributed by atoms with Crippen LogP contribution in [0, 0.1) is 0 Å². The molecule has 0 radical (unpaired) electrons. The molecule has 0 aliphatic carbocycles. The lowest BCUT2D eigenvalue weighted by Gasteiger charge is -2.42. The fourth-order valence-electron chi connectivity index (χ4n) is 2.30. The van der Waals surface area contributed by atoms with Crippen molar-refractivity contribution in [3.8, 4) is 0 Å². The van der Waals surface area contributed by atoms with Crippen LogP contribution in [0.15, 0.2) is 12.1 Å². The molecule has 0 spiro atoms. The van der Waals surface area contributed by atoms with Crippen LogP contribution in [-0.2, 0) is 4.74 Å². The molecule has 1 aromatic rings. The number of aromatic nitrogens is 1. The molecule has 0 bridgehead atoms. The van der Waals surface area contributed by atoms with E-state index in [1.165, 1.54) is 0 Å². The van der Waals surface area contributed by atoms with Crippen LogP contribution in [0.3, 0.4) is 0 Å². The summed E-state index contributed by atoms with van der Waals surface area (Å²) in [7, 11) is 0. The van der Waals surface area contributed by atoms with Gasteiger partial charge in [-0.15, -0.1) is 0 Å². The largest absolute Gasteiger partial charge is 0.396 e. The number of hydrogen-bond acceptors (Lipinski definition) is 4. The van der Waals surface area contributed by atoms with Gasteiger partial charge in [0, 0.05) is 13.1 Å².